The van der Waals surface area contributed by atoms with E-state index in [1.54, 1.807) is 0 Å². The van der Waals surface area contributed by atoms with Crippen molar-refractivity contribution >= 4 is 11.8 Å². The van der Waals surface area contributed by atoms with Crippen LogP contribution >= 0.6 is 0 Å². The van der Waals surface area contributed by atoms with Gasteiger partial charge < -0.3 is 22.6 Å². The van der Waals surface area contributed by atoms with Crippen molar-refractivity contribution in [3.8, 4) is 0 Å². The molecule has 1 aliphatic carbocycles. The molecule has 1 fully saturated rings. The largest absolute Gasteiger partial charge is 1.00 e. The summed E-state index contributed by atoms with van der Waals surface area (Å²) in [5.41, 5.74) is 2.09. The van der Waals surface area contributed by atoms with Crippen LogP contribution in [0.1, 0.15) is 43.4 Å². The fourth-order valence-corrected chi connectivity index (χ4v) is 3.11. The SMILES string of the molecule is Cc1cc(C)nc(N(CC[NH+](C)C)C(=O)NC2CCCCC2)c1.[Cl-]. The summed E-state index contributed by atoms with van der Waals surface area (Å²) < 4.78 is 0. The van der Waals surface area contributed by atoms with E-state index in [0.29, 0.717) is 12.6 Å². The number of pyridine rings is 1. The van der Waals surface area contributed by atoms with Crippen molar-refractivity contribution in [3.63, 3.8) is 0 Å². The smallest absolute Gasteiger partial charge is 0.323 e. The average Bonchev–Trinajstić information content (AvgIpc) is 2.47. The molecule has 1 heterocycles. The van der Waals surface area contributed by atoms with Crippen LogP contribution in [0.3, 0.4) is 0 Å². The van der Waals surface area contributed by atoms with Gasteiger partial charge >= 0.3 is 6.03 Å². The van der Waals surface area contributed by atoms with Crippen LogP contribution < -0.4 is 27.5 Å². The predicted octanol–water partition coefficient (Wildman–Crippen LogP) is -1.30. The maximum Gasteiger partial charge on any atom is 0.323 e. The van der Waals surface area contributed by atoms with Gasteiger partial charge in [-0.3, -0.25) is 4.90 Å². The van der Waals surface area contributed by atoms with Gasteiger partial charge in [0.2, 0.25) is 0 Å². The molecule has 0 aromatic carbocycles. The number of carbonyl (C=O) groups excluding carboxylic acids is 1. The third kappa shape index (κ3) is 6.29. The molecule has 0 bridgehead atoms. The zero-order valence-corrected chi connectivity index (χ0v) is 16.1. The van der Waals surface area contributed by atoms with Gasteiger partial charge in [-0.05, 0) is 44.4 Å². The Kier molecular flexibility index (Phi) is 8.50. The minimum Gasteiger partial charge on any atom is -1.00 e. The minimum atomic E-state index is -0.00403. The average molecular weight is 355 g/mol. The van der Waals surface area contributed by atoms with Crippen LogP contribution in [-0.4, -0.2) is 44.2 Å². The molecule has 136 valence electrons. The summed E-state index contributed by atoms with van der Waals surface area (Å²) in [6.07, 6.45) is 5.92. The second-order valence-corrected chi connectivity index (χ2v) is 7.04. The number of halogens is 1. The third-order valence-corrected chi connectivity index (χ3v) is 4.37. The van der Waals surface area contributed by atoms with Crippen molar-refractivity contribution in [3.05, 3.63) is 23.4 Å². The number of nitrogens with zero attached hydrogens (tertiary/aromatic N) is 2. The Balaban J connectivity index is 0.00000288. The Morgan fingerprint density at radius 1 is 1.25 bits per heavy atom. The van der Waals surface area contributed by atoms with Gasteiger partial charge in [-0.25, -0.2) is 9.78 Å². The predicted molar refractivity (Wildman–Crippen MR) is 94.1 cm³/mol. The van der Waals surface area contributed by atoms with Gasteiger partial charge in [0.1, 0.15) is 5.82 Å². The lowest BCUT2D eigenvalue weighted by molar-refractivity contribution is -0.856. The normalized spacial score (nSPS) is 15.0. The maximum atomic E-state index is 12.8. The van der Waals surface area contributed by atoms with Crippen LogP contribution in [0, 0.1) is 13.8 Å². The van der Waals surface area contributed by atoms with Crippen molar-refractivity contribution in [2.45, 2.75) is 52.0 Å². The van der Waals surface area contributed by atoms with Crippen LogP contribution in [0.15, 0.2) is 12.1 Å². The molecule has 5 nitrogen and oxygen atoms in total. The molecular formula is C18H31ClN4O. The van der Waals surface area contributed by atoms with E-state index in [1.807, 2.05) is 30.9 Å². The lowest BCUT2D eigenvalue weighted by atomic mass is 9.96. The molecule has 1 aromatic rings. The highest BCUT2D eigenvalue weighted by Gasteiger charge is 2.22. The Hall–Kier alpha value is -1.33. The summed E-state index contributed by atoms with van der Waals surface area (Å²) in [6.45, 7) is 5.60. The number of aromatic nitrogens is 1. The lowest BCUT2D eigenvalue weighted by Crippen LogP contribution is -3.06. The van der Waals surface area contributed by atoms with Crippen LogP contribution in [0.2, 0.25) is 0 Å². The van der Waals surface area contributed by atoms with Gasteiger partial charge in [0.25, 0.3) is 0 Å². The quantitative estimate of drug-likeness (QED) is 0.690. The van der Waals surface area contributed by atoms with E-state index in [9.17, 15) is 4.79 Å². The monoisotopic (exact) mass is 354 g/mol. The van der Waals surface area contributed by atoms with Gasteiger partial charge in [-0.1, -0.05) is 19.3 Å². The van der Waals surface area contributed by atoms with Crippen LogP contribution in [0.5, 0.6) is 0 Å². The molecule has 6 heteroatoms. The number of carbonyl (C=O) groups is 1. The van der Waals surface area contributed by atoms with E-state index in [-0.39, 0.29) is 18.4 Å². The molecule has 0 saturated heterocycles. The number of rotatable bonds is 5. The number of urea groups is 1. The first-order valence-electron chi connectivity index (χ1n) is 8.78. The van der Waals surface area contributed by atoms with Gasteiger partial charge in [-0.15, -0.1) is 0 Å². The Morgan fingerprint density at radius 2 is 1.92 bits per heavy atom. The topological polar surface area (TPSA) is 49.7 Å². The fourth-order valence-electron chi connectivity index (χ4n) is 3.11. The molecule has 1 aliphatic rings. The molecular weight excluding hydrogens is 324 g/mol. The Morgan fingerprint density at radius 3 is 2.50 bits per heavy atom. The number of hydrogen-bond acceptors (Lipinski definition) is 2. The molecule has 1 saturated carbocycles. The number of amides is 2. The number of hydrogen-bond donors (Lipinski definition) is 2. The van der Waals surface area contributed by atoms with Gasteiger partial charge in [0.05, 0.1) is 27.2 Å². The Bertz CT molecular complexity index is 510. The number of likely N-dealkylation sites (N-methyl/N-ethyl adjacent to an activating group) is 1. The summed E-state index contributed by atoms with van der Waals surface area (Å²) in [5.74, 6) is 0.761. The van der Waals surface area contributed by atoms with E-state index in [4.69, 9.17) is 0 Å². The first-order chi connectivity index (χ1) is 11.0. The van der Waals surface area contributed by atoms with E-state index >= 15 is 0 Å². The highest BCUT2D eigenvalue weighted by molar-refractivity contribution is 5.91. The molecule has 2 rings (SSSR count). The summed E-state index contributed by atoms with van der Waals surface area (Å²) in [5, 5.41) is 3.22. The zero-order chi connectivity index (χ0) is 16.8. The molecule has 1 aromatic heterocycles. The second-order valence-electron chi connectivity index (χ2n) is 7.04. The van der Waals surface area contributed by atoms with Gasteiger partial charge in [0, 0.05) is 11.7 Å². The van der Waals surface area contributed by atoms with Crippen molar-refractivity contribution in [2.24, 2.45) is 0 Å². The fraction of sp³-hybridized carbons (Fsp3) is 0.667. The van der Waals surface area contributed by atoms with Gasteiger partial charge in [0.15, 0.2) is 0 Å². The number of nitrogens with one attached hydrogen (secondary N) is 2. The standard InChI is InChI=1S/C18H30N4O.ClH/c1-14-12-15(2)19-17(13-14)22(11-10-21(3)4)18(23)20-16-8-6-5-7-9-16;/h12-13,16H,5-11H2,1-4H3,(H,20,23);1H. The molecule has 0 radical (unpaired) electrons. The van der Waals surface area contributed by atoms with Crippen LogP contribution in [0.4, 0.5) is 10.6 Å². The van der Waals surface area contributed by atoms with Crippen LogP contribution in [-0.2, 0) is 0 Å². The first-order valence-corrected chi connectivity index (χ1v) is 8.78. The lowest BCUT2D eigenvalue weighted by Gasteiger charge is -2.28. The highest BCUT2D eigenvalue weighted by atomic mass is 35.5. The molecule has 24 heavy (non-hydrogen) atoms. The van der Waals surface area contributed by atoms with Crippen LogP contribution in [0.25, 0.3) is 0 Å². The number of aryl methyl sites for hydroxylation is 2. The summed E-state index contributed by atoms with van der Waals surface area (Å²) >= 11 is 0. The van der Waals surface area contributed by atoms with Crippen molar-refractivity contribution in [1.29, 1.82) is 0 Å². The summed E-state index contributed by atoms with van der Waals surface area (Å²) in [4.78, 5) is 20.5. The number of quaternary nitrogens is 1. The second kappa shape index (κ2) is 9.84. The molecule has 0 aliphatic heterocycles. The molecule has 2 N–H and O–H groups in total. The van der Waals surface area contributed by atoms with E-state index in [2.05, 4.69) is 24.4 Å². The first kappa shape index (κ1) is 20.7. The van der Waals surface area contributed by atoms with Gasteiger partial charge in [-0.2, -0.15) is 0 Å². The third-order valence-electron chi connectivity index (χ3n) is 4.37. The molecule has 0 spiro atoms. The number of anilines is 1. The maximum absolute atomic E-state index is 12.8. The van der Waals surface area contributed by atoms with E-state index in [1.165, 1.54) is 24.2 Å². The van der Waals surface area contributed by atoms with Crippen molar-refractivity contribution < 1.29 is 22.1 Å². The highest BCUT2D eigenvalue weighted by Crippen LogP contribution is 2.19. The van der Waals surface area contributed by atoms with Crippen molar-refractivity contribution in [2.75, 3.05) is 32.1 Å². The molecule has 2 amide bonds. The summed E-state index contributed by atoms with van der Waals surface area (Å²) in [7, 11) is 4.21. The minimum absolute atomic E-state index is 0. The van der Waals surface area contributed by atoms with E-state index < -0.39 is 0 Å². The Labute approximate surface area is 152 Å². The zero-order valence-electron chi connectivity index (χ0n) is 15.4. The van der Waals surface area contributed by atoms with E-state index in [0.717, 1.165) is 36.5 Å². The molecule has 0 atom stereocenters. The molecule has 0 unspecified atom stereocenters. The van der Waals surface area contributed by atoms with Crippen molar-refractivity contribution in [1.82, 2.24) is 10.3 Å². The summed E-state index contributed by atoms with van der Waals surface area (Å²) in [6, 6.07) is 4.35.